The summed E-state index contributed by atoms with van der Waals surface area (Å²) in [6.07, 6.45) is 0.561. The van der Waals surface area contributed by atoms with Crippen LogP contribution in [0, 0.1) is 5.92 Å². The van der Waals surface area contributed by atoms with Gasteiger partial charge in [0, 0.05) is 32.6 Å². The Morgan fingerprint density at radius 3 is 2.60 bits per heavy atom. The van der Waals surface area contributed by atoms with Gasteiger partial charge in [0.15, 0.2) is 0 Å². The quantitative estimate of drug-likeness (QED) is 0.864. The van der Waals surface area contributed by atoms with Crippen LogP contribution in [0.5, 0.6) is 0 Å². The molecule has 2 unspecified atom stereocenters. The molecule has 5 heteroatoms. The largest absolute Gasteiger partial charge is 0.481 e. The molecule has 1 aromatic rings. The van der Waals surface area contributed by atoms with Crippen molar-refractivity contribution in [1.29, 1.82) is 0 Å². The lowest BCUT2D eigenvalue weighted by Crippen LogP contribution is -2.52. The zero-order chi connectivity index (χ0) is 14.5. The van der Waals surface area contributed by atoms with Crippen LogP contribution in [0.4, 0.5) is 0 Å². The lowest BCUT2D eigenvalue weighted by atomic mass is 9.94. The number of carboxylic acid groups (broad SMARTS) is 1. The first-order valence-electron chi connectivity index (χ1n) is 6.82. The summed E-state index contributed by atoms with van der Waals surface area (Å²) in [5.41, 5.74) is 1.15. The minimum Gasteiger partial charge on any atom is -0.481 e. The molecular formula is C15H20N2O3. The molecular weight excluding hydrogens is 256 g/mol. The predicted molar refractivity (Wildman–Crippen MR) is 75.1 cm³/mol. The molecule has 2 rings (SSSR count). The number of likely N-dealkylation sites (tertiary alicyclic amines) is 1. The SMILES string of the molecule is CC(=O)N1CC(NCc2ccccc2)CC(C(=O)O)C1. The molecule has 1 fully saturated rings. The van der Waals surface area contributed by atoms with Gasteiger partial charge in [-0.3, -0.25) is 9.59 Å². The maximum Gasteiger partial charge on any atom is 0.308 e. The molecule has 0 saturated carbocycles. The highest BCUT2D eigenvalue weighted by molar-refractivity contribution is 5.76. The molecule has 1 aliphatic heterocycles. The number of amides is 1. The predicted octanol–water partition coefficient (Wildman–Crippen LogP) is 1.10. The van der Waals surface area contributed by atoms with Crippen LogP contribution in [0.3, 0.4) is 0 Å². The summed E-state index contributed by atoms with van der Waals surface area (Å²) in [4.78, 5) is 24.3. The number of carbonyl (C=O) groups excluding carboxylic acids is 1. The molecule has 2 N–H and O–H groups in total. The minimum atomic E-state index is -0.831. The second kappa shape index (κ2) is 6.52. The monoisotopic (exact) mass is 276 g/mol. The first kappa shape index (κ1) is 14.5. The number of carbonyl (C=O) groups is 2. The highest BCUT2D eigenvalue weighted by Crippen LogP contribution is 2.18. The van der Waals surface area contributed by atoms with Crippen molar-refractivity contribution in [3.8, 4) is 0 Å². The molecule has 1 aliphatic rings. The Balaban J connectivity index is 1.95. The smallest absolute Gasteiger partial charge is 0.308 e. The van der Waals surface area contributed by atoms with Crippen LogP contribution < -0.4 is 5.32 Å². The van der Waals surface area contributed by atoms with Crippen LogP contribution >= 0.6 is 0 Å². The topological polar surface area (TPSA) is 69.6 Å². The Morgan fingerprint density at radius 1 is 1.30 bits per heavy atom. The summed E-state index contributed by atoms with van der Waals surface area (Å²) in [7, 11) is 0. The van der Waals surface area contributed by atoms with Crippen molar-refractivity contribution in [3.63, 3.8) is 0 Å². The third-order valence-electron chi connectivity index (χ3n) is 3.68. The van der Waals surface area contributed by atoms with E-state index in [-0.39, 0.29) is 11.9 Å². The molecule has 1 amide bonds. The summed E-state index contributed by atoms with van der Waals surface area (Å²) in [5, 5.41) is 12.5. The van der Waals surface area contributed by atoms with Crippen LogP contribution in [0.1, 0.15) is 18.9 Å². The molecule has 5 nitrogen and oxygen atoms in total. The normalized spacial score (nSPS) is 22.6. The van der Waals surface area contributed by atoms with Gasteiger partial charge in [-0.15, -0.1) is 0 Å². The van der Waals surface area contributed by atoms with Crippen molar-refractivity contribution in [2.45, 2.75) is 25.9 Å². The van der Waals surface area contributed by atoms with E-state index in [9.17, 15) is 14.7 Å². The first-order chi connectivity index (χ1) is 9.56. The lowest BCUT2D eigenvalue weighted by Gasteiger charge is -2.36. The number of rotatable bonds is 4. The molecule has 1 saturated heterocycles. The molecule has 20 heavy (non-hydrogen) atoms. The summed E-state index contributed by atoms with van der Waals surface area (Å²) >= 11 is 0. The number of piperidine rings is 1. The van der Waals surface area contributed by atoms with Gasteiger partial charge in [0.2, 0.25) is 5.91 Å². The Kier molecular flexibility index (Phi) is 4.74. The molecule has 2 atom stereocenters. The van der Waals surface area contributed by atoms with Crippen LogP contribution in [0.25, 0.3) is 0 Å². The van der Waals surface area contributed by atoms with E-state index in [0.29, 0.717) is 26.1 Å². The van der Waals surface area contributed by atoms with Gasteiger partial charge < -0.3 is 15.3 Å². The summed E-state index contributed by atoms with van der Waals surface area (Å²) in [6, 6.07) is 9.97. The number of carboxylic acids is 1. The molecule has 0 aromatic heterocycles. The molecule has 0 spiro atoms. The van der Waals surface area contributed by atoms with Gasteiger partial charge in [0.05, 0.1) is 5.92 Å². The van der Waals surface area contributed by atoms with Crippen molar-refractivity contribution in [3.05, 3.63) is 35.9 Å². The standard InChI is InChI=1S/C15H20N2O3/c1-11(18)17-9-13(15(19)20)7-14(10-17)16-8-12-5-3-2-4-6-12/h2-6,13-14,16H,7-10H2,1H3,(H,19,20). The van der Waals surface area contributed by atoms with Crippen molar-refractivity contribution in [2.24, 2.45) is 5.92 Å². The van der Waals surface area contributed by atoms with Crippen molar-refractivity contribution in [1.82, 2.24) is 10.2 Å². The number of hydrogen-bond donors (Lipinski definition) is 2. The van der Waals surface area contributed by atoms with E-state index in [1.165, 1.54) is 6.92 Å². The summed E-state index contributed by atoms with van der Waals surface area (Å²) in [6.45, 7) is 3.06. The molecule has 0 bridgehead atoms. The van der Waals surface area contributed by atoms with Crippen LogP contribution in [0.15, 0.2) is 30.3 Å². The Morgan fingerprint density at radius 2 is 2.00 bits per heavy atom. The van der Waals surface area contributed by atoms with E-state index in [1.807, 2.05) is 30.3 Å². The van der Waals surface area contributed by atoms with Gasteiger partial charge in [-0.2, -0.15) is 0 Å². The van der Waals surface area contributed by atoms with Gasteiger partial charge >= 0.3 is 5.97 Å². The molecule has 1 aromatic carbocycles. The van der Waals surface area contributed by atoms with Crippen LogP contribution in [-0.4, -0.2) is 41.0 Å². The minimum absolute atomic E-state index is 0.0222. The van der Waals surface area contributed by atoms with Gasteiger partial charge in [0.25, 0.3) is 0 Å². The maximum absolute atomic E-state index is 11.5. The third-order valence-corrected chi connectivity index (χ3v) is 3.68. The average molecular weight is 276 g/mol. The van der Waals surface area contributed by atoms with Crippen LogP contribution in [0.2, 0.25) is 0 Å². The second-order valence-corrected chi connectivity index (χ2v) is 5.26. The third kappa shape index (κ3) is 3.81. The number of nitrogens with one attached hydrogen (secondary N) is 1. The van der Waals surface area contributed by atoms with Crippen LogP contribution in [-0.2, 0) is 16.1 Å². The Labute approximate surface area is 118 Å². The Bertz CT molecular complexity index is 453. The van der Waals surface area contributed by atoms with Crippen molar-refractivity contribution < 1.29 is 14.7 Å². The fraction of sp³-hybridized carbons (Fsp3) is 0.467. The molecule has 1 heterocycles. The fourth-order valence-electron chi connectivity index (χ4n) is 2.54. The van der Waals surface area contributed by atoms with E-state index < -0.39 is 11.9 Å². The average Bonchev–Trinajstić information content (AvgIpc) is 2.45. The maximum atomic E-state index is 11.5. The molecule has 108 valence electrons. The lowest BCUT2D eigenvalue weighted by molar-refractivity contribution is -0.145. The van der Waals surface area contributed by atoms with Gasteiger partial charge in [-0.1, -0.05) is 30.3 Å². The highest BCUT2D eigenvalue weighted by atomic mass is 16.4. The fourth-order valence-corrected chi connectivity index (χ4v) is 2.54. The van der Waals surface area contributed by atoms with E-state index >= 15 is 0 Å². The zero-order valence-electron chi connectivity index (χ0n) is 11.6. The van der Waals surface area contributed by atoms with Gasteiger partial charge in [0.1, 0.15) is 0 Å². The number of hydrogen-bond acceptors (Lipinski definition) is 3. The van der Waals surface area contributed by atoms with Crippen molar-refractivity contribution in [2.75, 3.05) is 13.1 Å². The Hall–Kier alpha value is -1.88. The van der Waals surface area contributed by atoms with E-state index in [2.05, 4.69) is 5.32 Å². The van der Waals surface area contributed by atoms with E-state index in [4.69, 9.17) is 0 Å². The van der Waals surface area contributed by atoms with Crippen molar-refractivity contribution >= 4 is 11.9 Å². The van der Waals surface area contributed by atoms with Gasteiger partial charge in [-0.25, -0.2) is 0 Å². The number of nitrogens with zero attached hydrogens (tertiary/aromatic N) is 1. The van der Waals surface area contributed by atoms with E-state index in [1.54, 1.807) is 4.90 Å². The first-order valence-corrected chi connectivity index (χ1v) is 6.82. The van der Waals surface area contributed by atoms with Gasteiger partial charge in [-0.05, 0) is 12.0 Å². The number of aliphatic carboxylic acids is 1. The second-order valence-electron chi connectivity index (χ2n) is 5.26. The van der Waals surface area contributed by atoms with E-state index in [0.717, 1.165) is 5.56 Å². The summed E-state index contributed by atoms with van der Waals surface area (Å²) < 4.78 is 0. The zero-order valence-corrected chi connectivity index (χ0v) is 11.6. The highest BCUT2D eigenvalue weighted by Gasteiger charge is 2.32. The number of benzene rings is 1. The molecule has 0 aliphatic carbocycles. The summed E-state index contributed by atoms with van der Waals surface area (Å²) in [5.74, 6) is -1.38. The molecule has 0 radical (unpaired) electrons.